The Morgan fingerprint density at radius 2 is 0.556 bits per heavy atom. The van der Waals surface area contributed by atoms with Crippen molar-refractivity contribution >= 4 is 0 Å². The van der Waals surface area contributed by atoms with Gasteiger partial charge in [0.25, 0.3) is 0 Å². The molecule has 0 aliphatic rings. The summed E-state index contributed by atoms with van der Waals surface area (Å²) in [5, 5.41) is 0. The summed E-state index contributed by atoms with van der Waals surface area (Å²) in [5.74, 6) is 1.95. The molecule has 0 bridgehead atoms. The third-order valence-corrected chi connectivity index (χ3v) is 4.50. The summed E-state index contributed by atoms with van der Waals surface area (Å²) in [6.45, 7) is 14.6. The molecule has 0 saturated heterocycles. The minimum Gasteiger partial charge on any atom is -0.491 e. The van der Waals surface area contributed by atoms with Gasteiger partial charge in [0, 0.05) is 38.0 Å². The first kappa shape index (κ1) is 32.4. The maximum absolute atomic E-state index is 5.86. The van der Waals surface area contributed by atoms with E-state index in [9.17, 15) is 0 Å². The predicted octanol–water partition coefficient (Wildman–Crippen LogP) is 4.15. The monoisotopic (exact) mass is 516 g/mol. The number of hydrogen-bond acceptors (Lipinski definition) is 9. The van der Waals surface area contributed by atoms with Crippen LogP contribution in [0.5, 0.6) is 17.2 Å². The lowest BCUT2D eigenvalue weighted by atomic mass is 10.3. The standard InChI is InChI=1S/C27H48O9/c1-4-7-28-10-13-31-16-19-34-25-22-26(35-20-17-32-14-11-29-8-5-2)24-27(23-25)36-21-18-33-15-12-30-9-6-3/h22-24H,4-21H2,1-3H3. The van der Waals surface area contributed by atoms with E-state index in [1.165, 1.54) is 0 Å². The van der Waals surface area contributed by atoms with Crippen LogP contribution in [0.15, 0.2) is 18.2 Å². The molecule has 0 atom stereocenters. The molecule has 1 aromatic rings. The van der Waals surface area contributed by atoms with Crippen LogP contribution in [0.1, 0.15) is 40.0 Å². The number of benzene rings is 1. The second-order valence-corrected chi connectivity index (χ2v) is 7.86. The molecule has 0 aliphatic carbocycles. The van der Waals surface area contributed by atoms with Crippen LogP contribution in [0.25, 0.3) is 0 Å². The van der Waals surface area contributed by atoms with E-state index in [-0.39, 0.29) is 0 Å². The summed E-state index contributed by atoms with van der Waals surface area (Å²) in [7, 11) is 0. The van der Waals surface area contributed by atoms with Gasteiger partial charge in [0.15, 0.2) is 0 Å². The number of rotatable bonds is 27. The molecule has 210 valence electrons. The molecule has 0 saturated carbocycles. The highest BCUT2D eigenvalue weighted by Crippen LogP contribution is 2.28. The highest BCUT2D eigenvalue weighted by molar-refractivity contribution is 5.42. The van der Waals surface area contributed by atoms with Gasteiger partial charge in [-0.15, -0.1) is 0 Å². The molecule has 1 rings (SSSR count). The minimum atomic E-state index is 0.415. The first-order valence-electron chi connectivity index (χ1n) is 13.3. The summed E-state index contributed by atoms with van der Waals surface area (Å²) in [6.07, 6.45) is 3.01. The lowest BCUT2D eigenvalue weighted by molar-refractivity contribution is 0.0349. The van der Waals surface area contributed by atoms with E-state index in [1.807, 2.05) is 18.2 Å². The van der Waals surface area contributed by atoms with Crippen LogP contribution in [0.3, 0.4) is 0 Å². The normalized spacial score (nSPS) is 11.1. The Labute approximate surface area is 217 Å². The first-order chi connectivity index (χ1) is 17.8. The van der Waals surface area contributed by atoms with Crippen molar-refractivity contribution in [1.82, 2.24) is 0 Å². The summed E-state index contributed by atoms with van der Waals surface area (Å²) in [5.41, 5.74) is 0. The molecule has 0 unspecified atom stereocenters. The quantitative estimate of drug-likeness (QED) is 0.160. The zero-order chi connectivity index (χ0) is 25.9. The summed E-state index contributed by atoms with van der Waals surface area (Å²) < 4.78 is 50.4. The van der Waals surface area contributed by atoms with Gasteiger partial charge in [-0.25, -0.2) is 0 Å². The predicted molar refractivity (Wildman–Crippen MR) is 139 cm³/mol. The van der Waals surface area contributed by atoms with Crippen LogP contribution in [0.4, 0.5) is 0 Å². The Bertz CT molecular complexity index is 507. The third-order valence-electron chi connectivity index (χ3n) is 4.50. The molecule has 1 aromatic carbocycles. The van der Waals surface area contributed by atoms with Crippen molar-refractivity contribution in [2.75, 3.05) is 99.1 Å². The fourth-order valence-electron chi connectivity index (χ4n) is 2.85. The van der Waals surface area contributed by atoms with Crippen LogP contribution in [0, 0.1) is 0 Å². The van der Waals surface area contributed by atoms with Gasteiger partial charge >= 0.3 is 0 Å². The van der Waals surface area contributed by atoms with Gasteiger partial charge in [0.2, 0.25) is 0 Å². The zero-order valence-corrected chi connectivity index (χ0v) is 22.6. The fourth-order valence-corrected chi connectivity index (χ4v) is 2.85. The molecule has 0 heterocycles. The molecule has 0 aliphatic heterocycles. The Kier molecular flexibility index (Phi) is 22.5. The highest BCUT2D eigenvalue weighted by Gasteiger charge is 2.06. The van der Waals surface area contributed by atoms with E-state index in [4.69, 9.17) is 42.6 Å². The largest absolute Gasteiger partial charge is 0.491 e. The van der Waals surface area contributed by atoms with Gasteiger partial charge in [-0.3, -0.25) is 0 Å². The maximum Gasteiger partial charge on any atom is 0.126 e. The topological polar surface area (TPSA) is 83.1 Å². The van der Waals surface area contributed by atoms with Crippen molar-refractivity contribution in [1.29, 1.82) is 0 Å². The molecular formula is C27H48O9. The SMILES string of the molecule is CCCOCCOCCOc1cc(OCCOCCOCCC)cc(OCCOCCOCCC)c1. The highest BCUT2D eigenvalue weighted by atomic mass is 16.6. The smallest absolute Gasteiger partial charge is 0.126 e. The van der Waals surface area contributed by atoms with Crippen LogP contribution in [-0.2, 0) is 28.4 Å². The van der Waals surface area contributed by atoms with Crippen molar-refractivity contribution in [3.8, 4) is 17.2 Å². The Balaban J connectivity index is 2.40. The second kappa shape index (κ2) is 25.0. The van der Waals surface area contributed by atoms with Crippen LogP contribution in [0.2, 0.25) is 0 Å². The van der Waals surface area contributed by atoms with Gasteiger partial charge in [-0.05, 0) is 19.3 Å². The number of hydrogen-bond donors (Lipinski definition) is 0. The summed E-state index contributed by atoms with van der Waals surface area (Å²) in [4.78, 5) is 0. The van der Waals surface area contributed by atoms with E-state index in [0.717, 1.165) is 39.1 Å². The molecule has 0 radical (unpaired) electrons. The minimum absolute atomic E-state index is 0.415. The maximum atomic E-state index is 5.86. The average Bonchev–Trinajstić information content (AvgIpc) is 2.89. The molecule has 36 heavy (non-hydrogen) atoms. The van der Waals surface area contributed by atoms with Gasteiger partial charge in [-0.2, -0.15) is 0 Å². The van der Waals surface area contributed by atoms with Crippen molar-refractivity contribution in [2.45, 2.75) is 40.0 Å². The van der Waals surface area contributed by atoms with Crippen LogP contribution < -0.4 is 14.2 Å². The molecule has 0 fully saturated rings. The van der Waals surface area contributed by atoms with E-state index >= 15 is 0 Å². The van der Waals surface area contributed by atoms with E-state index in [1.54, 1.807) is 0 Å². The lowest BCUT2D eigenvalue weighted by Crippen LogP contribution is -2.13. The Morgan fingerprint density at radius 3 is 0.806 bits per heavy atom. The lowest BCUT2D eigenvalue weighted by Gasteiger charge is -2.14. The van der Waals surface area contributed by atoms with E-state index in [2.05, 4.69) is 20.8 Å². The van der Waals surface area contributed by atoms with Crippen molar-refractivity contribution in [3.05, 3.63) is 18.2 Å². The Morgan fingerprint density at radius 1 is 0.333 bits per heavy atom. The molecule has 9 nitrogen and oxygen atoms in total. The van der Waals surface area contributed by atoms with Crippen LogP contribution in [-0.4, -0.2) is 99.1 Å². The first-order valence-corrected chi connectivity index (χ1v) is 13.3. The molecule has 0 amide bonds. The second-order valence-electron chi connectivity index (χ2n) is 7.86. The molecule has 9 heteroatoms. The van der Waals surface area contributed by atoms with Crippen molar-refractivity contribution in [3.63, 3.8) is 0 Å². The van der Waals surface area contributed by atoms with Crippen molar-refractivity contribution < 1.29 is 42.6 Å². The average molecular weight is 517 g/mol. The molecular weight excluding hydrogens is 468 g/mol. The zero-order valence-electron chi connectivity index (χ0n) is 22.6. The van der Waals surface area contributed by atoms with Crippen LogP contribution >= 0.6 is 0 Å². The van der Waals surface area contributed by atoms with Crippen molar-refractivity contribution in [2.24, 2.45) is 0 Å². The van der Waals surface area contributed by atoms with E-state index < -0.39 is 0 Å². The Hall–Kier alpha value is -1.62. The van der Waals surface area contributed by atoms with Gasteiger partial charge < -0.3 is 42.6 Å². The van der Waals surface area contributed by atoms with Gasteiger partial charge in [0.1, 0.15) is 37.1 Å². The number of ether oxygens (including phenoxy) is 9. The molecule has 0 spiro atoms. The third kappa shape index (κ3) is 19.6. The summed E-state index contributed by atoms with van der Waals surface area (Å²) >= 11 is 0. The summed E-state index contributed by atoms with van der Waals surface area (Å²) in [6, 6.07) is 5.51. The molecule has 0 N–H and O–H groups in total. The van der Waals surface area contributed by atoms with E-state index in [0.29, 0.717) is 96.5 Å². The molecule has 0 aromatic heterocycles. The van der Waals surface area contributed by atoms with Gasteiger partial charge in [-0.1, -0.05) is 20.8 Å². The fraction of sp³-hybridized carbons (Fsp3) is 0.778. The van der Waals surface area contributed by atoms with Gasteiger partial charge in [0.05, 0.1) is 59.5 Å².